The largest absolute Gasteiger partial charge is 0.493 e. The van der Waals surface area contributed by atoms with Crippen LogP contribution in [0.3, 0.4) is 0 Å². The third-order valence-electron chi connectivity index (χ3n) is 3.24. The first-order chi connectivity index (χ1) is 10.6. The Morgan fingerprint density at radius 2 is 1.91 bits per heavy atom. The molecule has 6 nitrogen and oxygen atoms in total. The van der Waals surface area contributed by atoms with E-state index in [0.29, 0.717) is 30.0 Å². The summed E-state index contributed by atoms with van der Waals surface area (Å²) in [4.78, 5) is 23.1. The Labute approximate surface area is 128 Å². The summed E-state index contributed by atoms with van der Waals surface area (Å²) in [5.41, 5.74) is 0.996. The molecule has 1 aromatic heterocycles. The second-order valence-electron chi connectivity index (χ2n) is 4.70. The van der Waals surface area contributed by atoms with E-state index in [1.807, 2.05) is 6.92 Å². The predicted molar refractivity (Wildman–Crippen MR) is 82.7 cm³/mol. The van der Waals surface area contributed by atoms with Gasteiger partial charge in [0, 0.05) is 12.1 Å². The van der Waals surface area contributed by atoms with Crippen molar-refractivity contribution in [2.24, 2.45) is 0 Å². The van der Waals surface area contributed by atoms with Gasteiger partial charge in [-0.2, -0.15) is 5.10 Å². The number of aryl methyl sites for hydroxylation is 1. The Morgan fingerprint density at radius 1 is 1.18 bits per heavy atom. The summed E-state index contributed by atoms with van der Waals surface area (Å²) < 4.78 is 11.8. The van der Waals surface area contributed by atoms with Crippen LogP contribution in [0.5, 0.6) is 11.5 Å². The number of carbonyl (C=O) groups is 1. The second kappa shape index (κ2) is 6.89. The molecule has 0 saturated carbocycles. The Kier molecular flexibility index (Phi) is 4.93. The van der Waals surface area contributed by atoms with Gasteiger partial charge in [0.05, 0.1) is 25.5 Å². The van der Waals surface area contributed by atoms with Gasteiger partial charge in [-0.1, -0.05) is 6.92 Å². The summed E-state index contributed by atoms with van der Waals surface area (Å²) in [6.07, 6.45) is 1.31. The van der Waals surface area contributed by atoms with Gasteiger partial charge in [-0.05, 0) is 30.7 Å². The van der Waals surface area contributed by atoms with Gasteiger partial charge < -0.3 is 9.47 Å². The molecule has 0 aliphatic rings. The Bertz CT molecular complexity index is 737. The molecule has 0 unspecified atom stereocenters. The van der Waals surface area contributed by atoms with E-state index >= 15 is 0 Å². The molecule has 0 amide bonds. The Hall–Kier alpha value is -2.63. The summed E-state index contributed by atoms with van der Waals surface area (Å²) in [5, 5.41) is 4.32. The van der Waals surface area contributed by atoms with Gasteiger partial charge in [0.2, 0.25) is 0 Å². The van der Waals surface area contributed by atoms with Gasteiger partial charge in [0.15, 0.2) is 17.8 Å². The molecule has 1 heterocycles. The summed E-state index contributed by atoms with van der Waals surface area (Å²) in [6.45, 7) is 2.40. The minimum Gasteiger partial charge on any atom is -0.493 e. The van der Waals surface area contributed by atoms with Crippen molar-refractivity contribution in [1.29, 1.82) is 0 Å². The number of methoxy groups -OCH3 is 2. The Balaban J connectivity index is 2.59. The fourth-order valence-corrected chi connectivity index (χ4v) is 2.15. The third kappa shape index (κ3) is 3.00. The lowest BCUT2D eigenvalue weighted by Crippen LogP contribution is -2.26. The van der Waals surface area contributed by atoms with Crippen molar-refractivity contribution in [3.05, 3.63) is 40.2 Å². The fraction of sp³-hybridized carbons (Fsp3) is 0.312. The summed E-state index contributed by atoms with van der Waals surface area (Å²) >= 11 is 0. The number of hydrogen-bond acceptors (Lipinski definition) is 5. The van der Waals surface area contributed by atoms with Crippen LogP contribution in [0.25, 0.3) is 11.3 Å². The average Bonchev–Trinajstić information content (AvgIpc) is 2.56. The smallest absolute Gasteiger partial charge is 0.277 e. The molecule has 2 rings (SSSR count). The molecule has 0 aliphatic heterocycles. The normalized spacial score (nSPS) is 10.3. The Morgan fingerprint density at radius 3 is 2.50 bits per heavy atom. The van der Waals surface area contributed by atoms with E-state index in [0.717, 1.165) is 12.0 Å². The minimum absolute atomic E-state index is 0.0910. The maximum absolute atomic E-state index is 12.0. The predicted octanol–water partition coefficient (Wildman–Crippen LogP) is 2.15. The number of aromatic nitrogens is 2. The maximum Gasteiger partial charge on any atom is 0.277 e. The van der Waals surface area contributed by atoms with Crippen molar-refractivity contribution < 1.29 is 14.3 Å². The van der Waals surface area contributed by atoms with Crippen LogP contribution < -0.4 is 15.0 Å². The van der Waals surface area contributed by atoms with E-state index in [2.05, 4.69) is 5.10 Å². The van der Waals surface area contributed by atoms with Crippen molar-refractivity contribution in [2.75, 3.05) is 14.2 Å². The monoisotopic (exact) mass is 302 g/mol. The second-order valence-corrected chi connectivity index (χ2v) is 4.70. The van der Waals surface area contributed by atoms with Gasteiger partial charge in [0.25, 0.3) is 5.56 Å². The summed E-state index contributed by atoms with van der Waals surface area (Å²) in [7, 11) is 3.10. The summed E-state index contributed by atoms with van der Waals surface area (Å²) in [6, 6.07) is 6.81. The molecule has 6 heteroatoms. The van der Waals surface area contributed by atoms with Crippen LogP contribution in [0, 0.1) is 0 Å². The molecule has 0 aliphatic carbocycles. The lowest BCUT2D eigenvalue weighted by molar-refractivity contribution is 0.112. The molecular weight excluding hydrogens is 284 g/mol. The zero-order valence-electron chi connectivity index (χ0n) is 12.8. The molecule has 0 N–H and O–H groups in total. The molecule has 22 heavy (non-hydrogen) atoms. The molecule has 0 bridgehead atoms. The van der Waals surface area contributed by atoms with E-state index in [1.54, 1.807) is 32.4 Å². The quantitative estimate of drug-likeness (QED) is 0.765. The maximum atomic E-state index is 12.0. The highest BCUT2D eigenvalue weighted by molar-refractivity contribution is 5.77. The first-order valence-corrected chi connectivity index (χ1v) is 6.94. The molecule has 0 atom stereocenters. The van der Waals surface area contributed by atoms with Gasteiger partial charge in [-0.25, -0.2) is 4.68 Å². The van der Waals surface area contributed by atoms with E-state index in [9.17, 15) is 9.59 Å². The lowest BCUT2D eigenvalue weighted by atomic mass is 10.1. The van der Waals surface area contributed by atoms with Crippen molar-refractivity contribution >= 4 is 6.29 Å². The van der Waals surface area contributed by atoms with E-state index in [-0.39, 0.29) is 11.1 Å². The molecule has 116 valence electrons. The number of hydrogen-bond donors (Lipinski definition) is 0. The fourth-order valence-electron chi connectivity index (χ4n) is 2.15. The lowest BCUT2D eigenvalue weighted by Gasteiger charge is -2.11. The van der Waals surface area contributed by atoms with Gasteiger partial charge in [-0.15, -0.1) is 0 Å². The number of nitrogens with zero attached hydrogens (tertiary/aromatic N) is 2. The van der Waals surface area contributed by atoms with E-state index in [4.69, 9.17) is 9.47 Å². The van der Waals surface area contributed by atoms with Gasteiger partial charge >= 0.3 is 0 Å². The zero-order valence-corrected chi connectivity index (χ0v) is 12.8. The SMILES string of the molecule is CCCn1nc(-c2ccc(OC)c(OC)c2)cc(C=O)c1=O. The first kappa shape index (κ1) is 15.8. The van der Waals surface area contributed by atoms with Crippen molar-refractivity contribution in [3.8, 4) is 22.8 Å². The zero-order chi connectivity index (χ0) is 16.1. The number of rotatable bonds is 6. The first-order valence-electron chi connectivity index (χ1n) is 6.94. The highest BCUT2D eigenvalue weighted by Gasteiger charge is 2.11. The van der Waals surface area contributed by atoms with Crippen LogP contribution >= 0.6 is 0 Å². The van der Waals surface area contributed by atoms with Gasteiger partial charge in [0.1, 0.15) is 0 Å². The van der Waals surface area contributed by atoms with E-state index < -0.39 is 0 Å². The molecule has 0 spiro atoms. The van der Waals surface area contributed by atoms with Crippen LogP contribution in [-0.2, 0) is 6.54 Å². The van der Waals surface area contributed by atoms with Crippen molar-refractivity contribution in [1.82, 2.24) is 9.78 Å². The highest BCUT2D eigenvalue weighted by Crippen LogP contribution is 2.31. The van der Waals surface area contributed by atoms with Crippen LogP contribution in [0.4, 0.5) is 0 Å². The number of benzene rings is 1. The highest BCUT2D eigenvalue weighted by atomic mass is 16.5. The third-order valence-corrected chi connectivity index (χ3v) is 3.24. The molecule has 2 aromatic rings. The number of ether oxygens (including phenoxy) is 2. The molecule has 0 saturated heterocycles. The topological polar surface area (TPSA) is 70.4 Å². The average molecular weight is 302 g/mol. The van der Waals surface area contributed by atoms with Crippen LogP contribution in [0.1, 0.15) is 23.7 Å². The van der Waals surface area contributed by atoms with Gasteiger partial charge in [-0.3, -0.25) is 9.59 Å². The van der Waals surface area contributed by atoms with Crippen LogP contribution in [0.2, 0.25) is 0 Å². The number of aldehydes is 1. The minimum atomic E-state index is -0.374. The number of carbonyl (C=O) groups excluding carboxylic acids is 1. The molecule has 1 aromatic carbocycles. The molecule has 0 radical (unpaired) electrons. The molecular formula is C16H18N2O4. The van der Waals surface area contributed by atoms with E-state index in [1.165, 1.54) is 10.7 Å². The van der Waals surface area contributed by atoms with Crippen molar-refractivity contribution in [2.45, 2.75) is 19.9 Å². The van der Waals surface area contributed by atoms with Crippen LogP contribution in [0.15, 0.2) is 29.1 Å². The summed E-state index contributed by atoms with van der Waals surface area (Å²) in [5.74, 6) is 1.16. The van der Waals surface area contributed by atoms with Crippen molar-refractivity contribution in [3.63, 3.8) is 0 Å². The standard InChI is InChI=1S/C16H18N2O4/c1-4-7-18-16(20)12(10-19)8-13(17-18)11-5-6-14(21-2)15(9-11)22-3/h5-6,8-10H,4,7H2,1-3H3. The van der Waals surface area contributed by atoms with Crippen LogP contribution in [-0.4, -0.2) is 30.3 Å². The molecule has 0 fully saturated rings.